The monoisotopic (exact) mass is 261 g/mol. The lowest BCUT2D eigenvalue weighted by Gasteiger charge is -2.44. The zero-order chi connectivity index (χ0) is 14.1. The van der Waals surface area contributed by atoms with Crippen LogP contribution in [0.2, 0.25) is 0 Å². The van der Waals surface area contributed by atoms with Crippen LogP contribution in [0.25, 0.3) is 0 Å². The number of hydroxylamine groups is 2. The Labute approximate surface area is 117 Å². The van der Waals surface area contributed by atoms with Crippen molar-refractivity contribution in [3.63, 3.8) is 0 Å². The average molecular weight is 261 g/mol. The number of benzene rings is 1. The molecule has 1 aliphatic rings. The van der Waals surface area contributed by atoms with Crippen LogP contribution in [0.1, 0.15) is 64.5 Å². The second-order valence-corrected chi connectivity index (χ2v) is 5.50. The van der Waals surface area contributed by atoms with E-state index in [-0.39, 0.29) is 11.1 Å². The minimum Gasteiger partial charge on any atom is -0.301 e. The van der Waals surface area contributed by atoms with Crippen molar-refractivity contribution < 1.29 is 4.84 Å². The summed E-state index contributed by atoms with van der Waals surface area (Å²) in [6.07, 6.45) is 4.32. The van der Waals surface area contributed by atoms with Gasteiger partial charge in [0.1, 0.15) is 0 Å². The number of fused-ring (bicyclic) bond motifs is 1. The van der Waals surface area contributed by atoms with E-state index in [1.165, 1.54) is 11.1 Å². The second kappa shape index (κ2) is 5.26. The highest BCUT2D eigenvalue weighted by Crippen LogP contribution is 2.55. The first-order valence-corrected chi connectivity index (χ1v) is 7.61. The van der Waals surface area contributed by atoms with E-state index in [1.807, 2.05) is 7.11 Å². The summed E-state index contributed by atoms with van der Waals surface area (Å²) < 4.78 is 0. The molecule has 0 radical (unpaired) electrons. The van der Waals surface area contributed by atoms with Crippen LogP contribution in [0.3, 0.4) is 0 Å². The Morgan fingerprint density at radius 3 is 1.47 bits per heavy atom. The number of rotatable bonds is 5. The van der Waals surface area contributed by atoms with Crippen molar-refractivity contribution in [2.45, 2.75) is 64.5 Å². The van der Waals surface area contributed by atoms with E-state index in [9.17, 15) is 0 Å². The van der Waals surface area contributed by atoms with E-state index >= 15 is 0 Å². The van der Waals surface area contributed by atoms with Crippen molar-refractivity contribution in [2.24, 2.45) is 0 Å². The summed E-state index contributed by atoms with van der Waals surface area (Å²) in [7, 11) is 1.83. The SMILES string of the molecule is CCC1(CC)c2ccccc2C(CC)(CC)N1OC. The van der Waals surface area contributed by atoms with Crippen molar-refractivity contribution >= 4 is 0 Å². The standard InChI is InChI=1S/C17H27NO/c1-6-16(7-2)14-12-10-11-13-15(14)17(8-3,9-4)18(16)19-5/h10-13H,6-9H2,1-5H3. The number of hydrogen-bond acceptors (Lipinski definition) is 2. The Balaban J connectivity index is 2.73. The fourth-order valence-electron chi connectivity index (χ4n) is 4.11. The van der Waals surface area contributed by atoms with Crippen molar-refractivity contribution in [3.05, 3.63) is 35.4 Å². The third-order valence-corrected chi connectivity index (χ3v) is 5.23. The molecule has 2 heteroatoms. The summed E-state index contributed by atoms with van der Waals surface area (Å²) in [6, 6.07) is 8.91. The van der Waals surface area contributed by atoms with Gasteiger partial charge in [-0.2, -0.15) is 5.06 Å². The molecule has 0 aromatic heterocycles. The highest BCUT2D eigenvalue weighted by Gasteiger charge is 2.55. The Kier molecular flexibility index (Phi) is 4.03. The van der Waals surface area contributed by atoms with Crippen LogP contribution < -0.4 is 0 Å². The molecule has 0 aliphatic carbocycles. The summed E-state index contributed by atoms with van der Waals surface area (Å²) in [4.78, 5) is 5.92. The molecule has 0 bridgehead atoms. The van der Waals surface area contributed by atoms with E-state index in [0.29, 0.717) is 0 Å². The maximum Gasteiger partial charge on any atom is 0.0719 e. The molecular formula is C17H27NO. The van der Waals surface area contributed by atoms with Crippen molar-refractivity contribution in [1.29, 1.82) is 0 Å². The highest BCUT2D eigenvalue weighted by molar-refractivity contribution is 5.44. The fourth-order valence-corrected chi connectivity index (χ4v) is 4.11. The molecule has 19 heavy (non-hydrogen) atoms. The first-order valence-electron chi connectivity index (χ1n) is 7.61. The van der Waals surface area contributed by atoms with E-state index in [1.54, 1.807) is 0 Å². The van der Waals surface area contributed by atoms with Gasteiger partial charge >= 0.3 is 0 Å². The average Bonchev–Trinajstić information content (AvgIpc) is 2.73. The molecule has 0 N–H and O–H groups in total. The molecule has 0 spiro atoms. The van der Waals surface area contributed by atoms with E-state index in [0.717, 1.165) is 25.7 Å². The highest BCUT2D eigenvalue weighted by atomic mass is 16.7. The predicted molar refractivity (Wildman–Crippen MR) is 79.8 cm³/mol. The molecular weight excluding hydrogens is 234 g/mol. The molecule has 1 aromatic rings. The quantitative estimate of drug-likeness (QED) is 0.768. The summed E-state index contributed by atoms with van der Waals surface area (Å²) in [5, 5.41) is 2.30. The largest absolute Gasteiger partial charge is 0.301 e. The van der Waals surface area contributed by atoms with Gasteiger partial charge in [0.05, 0.1) is 18.2 Å². The summed E-state index contributed by atoms with van der Waals surface area (Å²) in [6.45, 7) is 9.09. The number of hydrogen-bond donors (Lipinski definition) is 0. The van der Waals surface area contributed by atoms with Crippen LogP contribution in [0.15, 0.2) is 24.3 Å². The molecule has 0 saturated carbocycles. The van der Waals surface area contributed by atoms with Crippen molar-refractivity contribution in [1.82, 2.24) is 5.06 Å². The first kappa shape index (κ1) is 14.5. The molecule has 106 valence electrons. The minimum absolute atomic E-state index is 0.0252. The zero-order valence-corrected chi connectivity index (χ0v) is 13.0. The molecule has 0 saturated heterocycles. The lowest BCUT2D eigenvalue weighted by Crippen LogP contribution is -2.49. The molecule has 0 amide bonds. The maximum absolute atomic E-state index is 5.92. The van der Waals surface area contributed by atoms with Gasteiger partial charge in [-0.15, -0.1) is 0 Å². The van der Waals surface area contributed by atoms with Crippen LogP contribution in [-0.2, 0) is 15.9 Å². The molecule has 0 atom stereocenters. The van der Waals surface area contributed by atoms with Gasteiger partial charge in [0.15, 0.2) is 0 Å². The molecule has 1 aliphatic heterocycles. The van der Waals surface area contributed by atoms with Crippen LogP contribution in [-0.4, -0.2) is 12.2 Å². The summed E-state index contributed by atoms with van der Waals surface area (Å²) in [5.74, 6) is 0. The lowest BCUT2D eigenvalue weighted by molar-refractivity contribution is -0.264. The molecule has 2 rings (SSSR count). The molecule has 0 unspecified atom stereocenters. The van der Waals surface area contributed by atoms with Crippen LogP contribution >= 0.6 is 0 Å². The normalized spacial score (nSPS) is 20.5. The number of nitrogens with zero attached hydrogens (tertiary/aromatic N) is 1. The van der Waals surface area contributed by atoms with Gasteiger partial charge in [0.2, 0.25) is 0 Å². The molecule has 0 fully saturated rings. The molecule has 2 nitrogen and oxygen atoms in total. The van der Waals surface area contributed by atoms with Gasteiger partial charge in [-0.05, 0) is 36.8 Å². The Bertz CT molecular complexity index is 394. The van der Waals surface area contributed by atoms with Gasteiger partial charge in [0, 0.05) is 0 Å². The predicted octanol–water partition coefficient (Wildman–Crippen LogP) is 4.59. The third-order valence-electron chi connectivity index (χ3n) is 5.23. The Hall–Kier alpha value is -0.860. The third kappa shape index (κ3) is 1.70. The molecule has 1 aromatic carbocycles. The van der Waals surface area contributed by atoms with E-state index < -0.39 is 0 Å². The maximum atomic E-state index is 5.92. The van der Waals surface area contributed by atoms with Crippen molar-refractivity contribution in [3.8, 4) is 0 Å². The Morgan fingerprint density at radius 1 is 0.842 bits per heavy atom. The van der Waals surface area contributed by atoms with Crippen LogP contribution in [0, 0.1) is 0 Å². The summed E-state index contributed by atoms with van der Waals surface area (Å²) in [5.41, 5.74) is 2.98. The van der Waals surface area contributed by atoms with Gasteiger partial charge in [-0.1, -0.05) is 52.0 Å². The zero-order valence-electron chi connectivity index (χ0n) is 13.0. The van der Waals surface area contributed by atoms with Gasteiger partial charge in [-0.25, -0.2) is 0 Å². The molecule has 1 heterocycles. The van der Waals surface area contributed by atoms with Gasteiger partial charge < -0.3 is 4.84 Å². The van der Waals surface area contributed by atoms with E-state index in [4.69, 9.17) is 4.84 Å². The van der Waals surface area contributed by atoms with Crippen molar-refractivity contribution in [2.75, 3.05) is 7.11 Å². The lowest BCUT2D eigenvalue weighted by atomic mass is 9.83. The topological polar surface area (TPSA) is 12.5 Å². The smallest absolute Gasteiger partial charge is 0.0719 e. The van der Waals surface area contributed by atoms with Gasteiger partial charge in [0.25, 0.3) is 0 Å². The first-order chi connectivity index (χ1) is 9.16. The second-order valence-electron chi connectivity index (χ2n) is 5.50. The van der Waals surface area contributed by atoms with Crippen LogP contribution in [0.4, 0.5) is 0 Å². The van der Waals surface area contributed by atoms with Gasteiger partial charge in [-0.3, -0.25) is 0 Å². The van der Waals surface area contributed by atoms with E-state index in [2.05, 4.69) is 57.0 Å². The summed E-state index contributed by atoms with van der Waals surface area (Å²) >= 11 is 0. The minimum atomic E-state index is 0.0252. The Morgan fingerprint density at radius 2 is 1.21 bits per heavy atom. The fraction of sp³-hybridized carbons (Fsp3) is 0.647. The van der Waals surface area contributed by atoms with Crippen LogP contribution in [0.5, 0.6) is 0 Å².